The highest BCUT2D eigenvalue weighted by atomic mass is 32.2. The Bertz CT molecular complexity index is 227. The van der Waals surface area contributed by atoms with E-state index in [9.17, 15) is 0 Å². The van der Waals surface area contributed by atoms with Crippen molar-refractivity contribution in [2.75, 3.05) is 0 Å². The fourth-order valence-corrected chi connectivity index (χ4v) is 1.04. The van der Waals surface area contributed by atoms with Gasteiger partial charge in [-0.05, 0) is 11.5 Å². The van der Waals surface area contributed by atoms with E-state index in [0.717, 1.165) is 4.91 Å². The lowest BCUT2D eigenvalue weighted by Crippen LogP contribution is -2.10. The standard InChI is InChI=1S/C6H7N3S/c7-6(8)5-1-2-9-3-4-10-5/h1-4H,(H3,7,8). The fraction of sp³-hybridized carbons (Fsp3) is 0. The van der Waals surface area contributed by atoms with E-state index in [1.807, 2.05) is 0 Å². The van der Waals surface area contributed by atoms with Gasteiger partial charge in [0.05, 0.1) is 4.91 Å². The van der Waals surface area contributed by atoms with E-state index in [0.29, 0.717) is 0 Å². The maximum absolute atomic E-state index is 7.08. The van der Waals surface area contributed by atoms with Crippen LogP contribution in [0.3, 0.4) is 0 Å². The molecule has 0 unspecified atom stereocenters. The van der Waals surface area contributed by atoms with Crippen LogP contribution in [-0.2, 0) is 0 Å². The van der Waals surface area contributed by atoms with Gasteiger partial charge < -0.3 is 5.73 Å². The molecular formula is C6H7N3S. The summed E-state index contributed by atoms with van der Waals surface area (Å²) < 4.78 is 0. The lowest BCUT2D eigenvalue weighted by atomic mass is 10.5. The minimum atomic E-state index is 0.0861. The van der Waals surface area contributed by atoms with Gasteiger partial charge in [-0.25, -0.2) is 0 Å². The maximum Gasteiger partial charge on any atom is 0.129 e. The third kappa shape index (κ3) is 1.73. The van der Waals surface area contributed by atoms with Crippen LogP contribution in [0.4, 0.5) is 0 Å². The van der Waals surface area contributed by atoms with Gasteiger partial charge in [-0.1, -0.05) is 11.8 Å². The third-order valence-electron chi connectivity index (χ3n) is 0.919. The molecule has 3 N–H and O–H groups in total. The summed E-state index contributed by atoms with van der Waals surface area (Å²) in [6, 6.07) is 0. The summed E-state index contributed by atoms with van der Waals surface area (Å²) in [5, 5.41) is 8.87. The molecule has 0 fully saturated rings. The van der Waals surface area contributed by atoms with Crippen molar-refractivity contribution in [2.24, 2.45) is 10.7 Å². The highest BCUT2D eigenvalue weighted by molar-refractivity contribution is 8.06. The zero-order chi connectivity index (χ0) is 7.40. The Kier molecular flexibility index (Phi) is 2.28. The predicted octanol–water partition coefficient (Wildman–Crippen LogP) is 1.10. The quantitative estimate of drug-likeness (QED) is 0.437. The van der Waals surface area contributed by atoms with Crippen LogP contribution >= 0.6 is 11.8 Å². The number of nitrogens with zero attached hydrogens (tertiary/aromatic N) is 1. The molecule has 0 aromatic rings. The van der Waals surface area contributed by atoms with Gasteiger partial charge in [0.2, 0.25) is 0 Å². The first kappa shape index (κ1) is 7.08. The summed E-state index contributed by atoms with van der Waals surface area (Å²) >= 11 is 1.40. The second-order valence-corrected chi connectivity index (χ2v) is 2.59. The summed E-state index contributed by atoms with van der Waals surface area (Å²) in [7, 11) is 0. The van der Waals surface area contributed by atoms with Crippen LogP contribution in [0.15, 0.2) is 27.6 Å². The molecule has 3 nitrogen and oxygen atoms in total. The first-order chi connectivity index (χ1) is 4.80. The van der Waals surface area contributed by atoms with Crippen molar-refractivity contribution in [1.82, 2.24) is 0 Å². The van der Waals surface area contributed by atoms with Crippen molar-refractivity contribution in [1.29, 1.82) is 5.41 Å². The molecule has 0 amide bonds. The van der Waals surface area contributed by atoms with Crippen molar-refractivity contribution in [3.05, 3.63) is 22.6 Å². The topological polar surface area (TPSA) is 62.2 Å². The van der Waals surface area contributed by atoms with Crippen LogP contribution in [0.25, 0.3) is 0 Å². The lowest BCUT2D eigenvalue weighted by Gasteiger charge is -1.95. The maximum atomic E-state index is 7.08. The third-order valence-corrected chi connectivity index (χ3v) is 1.79. The monoisotopic (exact) mass is 153 g/mol. The van der Waals surface area contributed by atoms with Crippen LogP contribution in [0.1, 0.15) is 0 Å². The van der Waals surface area contributed by atoms with E-state index in [-0.39, 0.29) is 5.84 Å². The van der Waals surface area contributed by atoms with Gasteiger partial charge in [-0.15, -0.1) is 0 Å². The van der Waals surface area contributed by atoms with Gasteiger partial charge >= 0.3 is 0 Å². The number of thioether (sulfide) groups is 1. The molecule has 0 aliphatic carbocycles. The van der Waals surface area contributed by atoms with Crippen molar-refractivity contribution in [3.8, 4) is 0 Å². The van der Waals surface area contributed by atoms with Gasteiger partial charge in [0.1, 0.15) is 5.84 Å². The summed E-state index contributed by atoms with van der Waals surface area (Å²) in [6.07, 6.45) is 5.00. The number of amidine groups is 1. The number of rotatable bonds is 1. The Morgan fingerprint density at radius 1 is 1.70 bits per heavy atom. The molecule has 0 bridgehead atoms. The first-order valence-electron chi connectivity index (χ1n) is 2.70. The van der Waals surface area contributed by atoms with Crippen LogP contribution in [0, 0.1) is 5.41 Å². The number of hydrogen-bond donors (Lipinski definition) is 2. The van der Waals surface area contributed by atoms with Crippen LogP contribution in [0.5, 0.6) is 0 Å². The molecule has 1 heterocycles. The second-order valence-electron chi connectivity index (χ2n) is 1.65. The molecule has 0 aromatic heterocycles. The zero-order valence-electron chi connectivity index (χ0n) is 5.24. The smallest absolute Gasteiger partial charge is 0.129 e. The largest absolute Gasteiger partial charge is 0.383 e. The van der Waals surface area contributed by atoms with Gasteiger partial charge in [-0.3, -0.25) is 10.4 Å². The molecular weight excluding hydrogens is 146 g/mol. The molecule has 1 aliphatic heterocycles. The average molecular weight is 153 g/mol. The molecule has 0 radical (unpaired) electrons. The minimum Gasteiger partial charge on any atom is -0.383 e. The van der Waals surface area contributed by atoms with Crippen LogP contribution < -0.4 is 5.73 Å². The van der Waals surface area contributed by atoms with Crippen molar-refractivity contribution < 1.29 is 0 Å². The molecule has 0 spiro atoms. The van der Waals surface area contributed by atoms with Crippen LogP contribution in [0.2, 0.25) is 0 Å². The molecule has 0 saturated heterocycles. The summed E-state index contributed by atoms with van der Waals surface area (Å²) in [5.74, 6) is 0.0861. The van der Waals surface area contributed by atoms with Gasteiger partial charge in [0, 0.05) is 12.4 Å². The van der Waals surface area contributed by atoms with Gasteiger partial charge in [0.25, 0.3) is 0 Å². The number of hydrogen-bond acceptors (Lipinski definition) is 3. The van der Waals surface area contributed by atoms with Crippen molar-refractivity contribution in [2.45, 2.75) is 0 Å². The molecule has 1 aliphatic rings. The average Bonchev–Trinajstić information content (AvgIpc) is 2.12. The Balaban J connectivity index is 2.78. The van der Waals surface area contributed by atoms with Crippen molar-refractivity contribution in [3.63, 3.8) is 0 Å². The zero-order valence-corrected chi connectivity index (χ0v) is 6.06. The lowest BCUT2D eigenvalue weighted by molar-refractivity contribution is 1.46. The molecule has 0 saturated carbocycles. The van der Waals surface area contributed by atoms with E-state index in [1.54, 1.807) is 23.9 Å². The van der Waals surface area contributed by atoms with Gasteiger partial charge in [0.15, 0.2) is 0 Å². The predicted molar refractivity (Wildman–Crippen MR) is 45.2 cm³/mol. The van der Waals surface area contributed by atoms with Crippen molar-refractivity contribution >= 4 is 23.8 Å². The summed E-state index contributed by atoms with van der Waals surface area (Å²) in [5.41, 5.74) is 5.24. The summed E-state index contributed by atoms with van der Waals surface area (Å²) in [4.78, 5) is 4.58. The Hall–Kier alpha value is -1.03. The van der Waals surface area contributed by atoms with E-state index in [1.165, 1.54) is 11.8 Å². The first-order valence-corrected chi connectivity index (χ1v) is 3.58. The van der Waals surface area contributed by atoms with E-state index in [4.69, 9.17) is 11.1 Å². The van der Waals surface area contributed by atoms with E-state index >= 15 is 0 Å². The highest BCUT2D eigenvalue weighted by Gasteiger charge is 1.98. The molecule has 52 valence electrons. The fourth-order valence-electron chi connectivity index (χ4n) is 0.492. The van der Waals surface area contributed by atoms with E-state index in [2.05, 4.69) is 4.99 Å². The molecule has 10 heavy (non-hydrogen) atoms. The Morgan fingerprint density at radius 2 is 2.50 bits per heavy atom. The molecule has 0 atom stereocenters. The normalized spacial score (nSPS) is 16.2. The Labute approximate surface area is 63.2 Å². The molecule has 0 aromatic carbocycles. The SMILES string of the molecule is N=C(N)C1=CC=NC=CS1. The second kappa shape index (κ2) is 3.22. The number of nitrogens with two attached hydrogens (primary N) is 1. The summed E-state index contributed by atoms with van der Waals surface area (Å²) in [6.45, 7) is 0. The molecule has 4 heteroatoms. The number of nitrogens with one attached hydrogen (secondary N) is 1. The van der Waals surface area contributed by atoms with Crippen LogP contribution in [-0.4, -0.2) is 12.1 Å². The molecule has 1 rings (SSSR count). The number of allylic oxidation sites excluding steroid dienone is 1. The van der Waals surface area contributed by atoms with E-state index < -0.39 is 0 Å². The highest BCUT2D eigenvalue weighted by Crippen LogP contribution is 2.17. The minimum absolute atomic E-state index is 0.0861. The number of aliphatic imine (C=N–C) groups is 1. The Morgan fingerprint density at radius 3 is 3.20 bits per heavy atom. The van der Waals surface area contributed by atoms with Gasteiger partial charge in [-0.2, -0.15) is 0 Å².